The fourth-order valence-corrected chi connectivity index (χ4v) is 12.8. The molecule has 0 radical (unpaired) electrons. The normalized spacial score (nSPS) is 20.5. The fourth-order valence-electron chi connectivity index (χ4n) is 12.8. The smallest absolute Gasteiger partial charge is 0.329 e. The van der Waals surface area contributed by atoms with Gasteiger partial charge in [0.15, 0.2) is 5.78 Å². The highest BCUT2D eigenvalue weighted by Crippen LogP contribution is 2.22. The summed E-state index contributed by atoms with van der Waals surface area (Å²) in [6.07, 6.45) is -2.03. The molecule has 5 rings (SSSR count). The van der Waals surface area contributed by atoms with Gasteiger partial charge in [-0.05, 0) is 87.4 Å². The van der Waals surface area contributed by atoms with Crippen LogP contribution in [0.4, 0.5) is 15.8 Å². The Morgan fingerprint density at radius 1 is 0.565 bits per heavy atom. The van der Waals surface area contributed by atoms with Crippen LogP contribution >= 0.6 is 0 Å². The molecule has 1 aliphatic rings. The first-order valence-electron chi connectivity index (χ1n) is 39.7. The molecule has 26 N–H and O–H groups in total. The molecule has 1 fully saturated rings. The van der Waals surface area contributed by atoms with Crippen molar-refractivity contribution in [1.29, 1.82) is 0 Å². The quantitative estimate of drug-likeness (QED) is 0.00875. The number of carboxylic acid groups (broad SMARTS) is 3. The third-order valence-corrected chi connectivity index (χ3v) is 19.4. The second kappa shape index (κ2) is 50.5. The van der Waals surface area contributed by atoms with Crippen molar-refractivity contribution < 1.29 is 131 Å². The van der Waals surface area contributed by atoms with Gasteiger partial charge in [-0.25, -0.2) is 9.18 Å². The maximum atomic E-state index is 15.0. The van der Waals surface area contributed by atoms with Gasteiger partial charge in [0.25, 0.3) is 5.91 Å². The molecule has 13 atom stereocenters. The summed E-state index contributed by atoms with van der Waals surface area (Å²) < 4.78 is 19.7. The zero-order valence-electron chi connectivity index (χ0n) is 68.4. The highest BCUT2D eigenvalue weighted by atomic mass is 19.1. The van der Waals surface area contributed by atoms with Crippen LogP contribution in [0.3, 0.4) is 0 Å². The number of aliphatic hydroxyl groups excluding tert-OH is 2. The number of amides is 15. The Morgan fingerprint density at radius 3 is 1.77 bits per heavy atom. The molecule has 124 heavy (non-hydrogen) atoms. The molecule has 0 unspecified atom stereocenters. The number of hydrogen-bond acceptors (Lipinski definition) is 25. The monoisotopic (exact) mass is 1740 g/mol. The van der Waals surface area contributed by atoms with E-state index in [0.717, 1.165) is 71.1 Å². The number of aliphatic hydroxyl groups is 2. The first-order valence-corrected chi connectivity index (χ1v) is 39.7. The number of carbonyl (C=O) groups is 20. The number of ether oxygens (including phenoxy) is 1. The van der Waals surface area contributed by atoms with Gasteiger partial charge in [-0.2, -0.15) is 0 Å². The van der Waals surface area contributed by atoms with E-state index < -0.39 is 274 Å². The second-order valence-electron chi connectivity index (χ2n) is 29.4. The van der Waals surface area contributed by atoms with Crippen molar-refractivity contribution in [2.45, 2.75) is 209 Å². The zero-order chi connectivity index (χ0) is 92.0. The number of benzene rings is 3. The highest BCUT2D eigenvalue weighted by molar-refractivity contribution is 6.05. The van der Waals surface area contributed by atoms with Gasteiger partial charge in [-0.1, -0.05) is 82.7 Å². The molecule has 0 aliphatic carbocycles. The zero-order valence-corrected chi connectivity index (χ0v) is 68.4. The molecule has 45 heteroatoms. The number of rotatable bonds is 37. The number of nitrogen functional groups attached to an aromatic ring is 2. The van der Waals surface area contributed by atoms with E-state index in [4.69, 9.17) is 21.9 Å². The Morgan fingerprint density at radius 2 is 1.15 bits per heavy atom. The lowest BCUT2D eigenvalue weighted by molar-refractivity contribution is -0.156. The summed E-state index contributed by atoms with van der Waals surface area (Å²) in [6.45, 7) is -0.119. The van der Waals surface area contributed by atoms with Gasteiger partial charge < -0.3 is 127 Å². The van der Waals surface area contributed by atoms with Gasteiger partial charge in [0.2, 0.25) is 82.7 Å². The van der Waals surface area contributed by atoms with Gasteiger partial charge in [-0.3, -0.25) is 91.1 Å². The number of fused-ring (bicyclic) bond motifs is 1. The van der Waals surface area contributed by atoms with Gasteiger partial charge in [0.05, 0.1) is 50.9 Å². The van der Waals surface area contributed by atoms with Crippen LogP contribution in [-0.2, 0) is 97.5 Å². The number of aliphatic carboxylic acids is 3. The Labute approximate surface area is 708 Å². The minimum atomic E-state index is -2.40. The van der Waals surface area contributed by atoms with Crippen LogP contribution in [0.25, 0.3) is 10.9 Å². The van der Waals surface area contributed by atoms with Gasteiger partial charge in [-0.15, -0.1) is 0 Å². The number of nitrogens with one attached hydrogen (secondary N) is 15. The molecule has 0 saturated carbocycles. The number of unbranched alkanes of at least 4 members (excludes halogenated alkanes) is 6. The molecule has 676 valence electrons. The Bertz CT molecular complexity index is 4550. The molecule has 0 bridgehead atoms. The third-order valence-electron chi connectivity index (χ3n) is 19.4. The average molecular weight is 1740 g/mol. The molecule has 1 aliphatic heterocycles. The molecular formula is C79H107FN18O26. The molecule has 15 amide bonds. The number of para-hydroxylation sites is 2. The highest BCUT2D eigenvalue weighted by Gasteiger charge is 2.41. The number of esters is 1. The van der Waals surface area contributed by atoms with E-state index in [1.807, 2.05) is 16.0 Å². The topological polar surface area (TPSA) is 714 Å². The summed E-state index contributed by atoms with van der Waals surface area (Å²) in [5.41, 5.74) is 17.8. The number of halogens is 1. The van der Waals surface area contributed by atoms with Crippen molar-refractivity contribution in [2.24, 2.45) is 11.7 Å². The summed E-state index contributed by atoms with van der Waals surface area (Å²) in [7, 11) is 0. The number of Topliss-reactive ketones (excluding diaryl/α,β-unsaturated/α-hetero) is 1. The van der Waals surface area contributed by atoms with Crippen LogP contribution in [0.5, 0.6) is 0 Å². The standard InChI is InChI=1S/C79H107FN18O26/c1-5-6-7-8-9-10-11-22-60(103)90-52(29-42-35-85-49-20-15-13-17-44(42)49)74(118)94-53(32-59(83)102)75(119)92-51(25-27-99)72(116)98-67-41(4)124-79(123)56(31-58(101)45-18-12-14-19-47(45)81)96-78(122)66(39(2)28-63(106)107)97-76(120)57(38-100)91-62(105)36-86-70(114)54(33-64(108)109)93-68(112)40(3)88-73(117)55(34-65(110)111)95-71(115)50(89-61(104)37-87-77(67)121)21-16-26-84-69(113)46-24-23-43(80)30-48(46)82/h12-15,17-20,23-24,30,35,39-41,50-57,66-67,85,99-100H,5-11,16,21-22,25-29,31-34,36-38,81-82H2,1-4H3,(H2,83,102)(H,84,113)(H,86,114)(H,87,121)(H,88,117)(H,89,104)(H,90,103)(H,91,105)(H,92,119)(H,93,112)(H,94,118)(H,95,115)(H,96,122)(H,97,120)(H,98,116)(H,106,107)(H,108,109)(H,110,111)/t39-,40-,41-,50+,51+,52+,53+,54+,55+,56+,57-,66+,67+/m1/s1. The first kappa shape index (κ1) is 101. The SMILES string of the molecule is CCCCCCCCCC(=O)N[C@@H](Cc1c[nH]c2ccccc12)C(=O)N[C@@H](CC(N)=O)C(=O)N[C@@H](CCO)C(=O)N[C@@H]1C(=O)NCC(=O)N[C@@H](CCCNC(=O)c2ccc(F)cc2N)C(=O)N[C@@H](CC(=O)O)C(=O)N[C@H](C)C(=O)N[C@@H](CC(=O)O)C(=O)NCC(=O)N[C@H](CO)C(=O)N[C@@H]([C@H](C)CC(=O)O)C(=O)N[C@@H](CC(=O)c2ccccc2N)C(=O)O[C@@H]1C. The van der Waals surface area contributed by atoms with Crippen LogP contribution in [0.2, 0.25) is 0 Å². The van der Waals surface area contributed by atoms with E-state index in [9.17, 15) is 126 Å². The number of H-pyrrole nitrogens is 1. The lowest BCUT2D eigenvalue weighted by Crippen LogP contribution is -2.61. The van der Waals surface area contributed by atoms with Crippen LogP contribution < -0.4 is 91.6 Å². The number of cyclic esters (lactones) is 1. The molecule has 4 aromatic rings. The van der Waals surface area contributed by atoms with Gasteiger partial charge in [0, 0.05) is 66.5 Å². The van der Waals surface area contributed by atoms with Crippen molar-refractivity contribution in [3.63, 3.8) is 0 Å². The van der Waals surface area contributed by atoms with Crippen LogP contribution in [0, 0.1) is 11.7 Å². The number of hydrogen-bond donors (Lipinski definition) is 23. The molecular weight excluding hydrogens is 1640 g/mol. The summed E-state index contributed by atoms with van der Waals surface area (Å²) >= 11 is 0. The van der Waals surface area contributed by atoms with Crippen LogP contribution in [0.1, 0.15) is 157 Å². The van der Waals surface area contributed by atoms with E-state index in [1.165, 1.54) is 24.3 Å². The molecule has 3 aromatic carbocycles. The Hall–Kier alpha value is -13.8. The second-order valence-corrected chi connectivity index (χ2v) is 29.4. The van der Waals surface area contributed by atoms with Crippen LogP contribution in [-0.4, -0.2) is 254 Å². The predicted octanol–water partition coefficient (Wildman–Crippen LogP) is -4.52. The Kier molecular flexibility index (Phi) is 41.0. The number of aromatic amines is 1. The maximum Gasteiger partial charge on any atom is 0.329 e. The van der Waals surface area contributed by atoms with Gasteiger partial charge >= 0.3 is 23.9 Å². The summed E-state index contributed by atoms with van der Waals surface area (Å²) in [5, 5.41) is 82.2. The van der Waals surface area contributed by atoms with E-state index in [0.29, 0.717) is 29.3 Å². The van der Waals surface area contributed by atoms with Crippen molar-refractivity contribution in [2.75, 3.05) is 44.3 Å². The van der Waals surface area contributed by atoms with E-state index in [1.54, 1.807) is 30.5 Å². The largest absolute Gasteiger partial charge is 0.481 e. The van der Waals surface area contributed by atoms with Crippen molar-refractivity contribution in [3.8, 4) is 0 Å². The summed E-state index contributed by atoms with van der Waals surface area (Å²) in [5.74, 6) is -29.4. The lowest BCUT2D eigenvalue weighted by atomic mass is 9.96. The number of carbonyl (C=O) groups excluding carboxylic acids is 17. The molecule has 0 spiro atoms. The molecule has 1 saturated heterocycles. The fraction of sp³-hybridized carbons (Fsp3) is 0.494. The number of aromatic nitrogens is 1. The van der Waals surface area contributed by atoms with E-state index in [-0.39, 0.29) is 48.3 Å². The maximum absolute atomic E-state index is 15.0. The van der Waals surface area contributed by atoms with Crippen molar-refractivity contribution in [1.82, 2.24) is 79.4 Å². The molecule has 44 nitrogen and oxygen atoms in total. The summed E-state index contributed by atoms with van der Waals surface area (Å²) in [4.78, 5) is 279. The van der Waals surface area contributed by atoms with E-state index >= 15 is 0 Å². The summed E-state index contributed by atoms with van der Waals surface area (Å²) in [6, 6.07) is -7.53. The van der Waals surface area contributed by atoms with Gasteiger partial charge in [0.1, 0.15) is 78.4 Å². The van der Waals surface area contributed by atoms with Crippen molar-refractivity contribution in [3.05, 3.63) is 95.4 Å². The number of primary amides is 1. The number of anilines is 2. The minimum absolute atomic E-state index is 0.00515. The minimum Gasteiger partial charge on any atom is -0.481 e. The number of carboxylic acids is 3. The Balaban J connectivity index is 1.62. The first-order chi connectivity index (χ1) is 58.7. The number of ketones is 1. The number of nitrogens with two attached hydrogens (primary N) is 3. The van der Waals surface area contributed by atoms with E-state index in [2.05, 4.69) is 70.4 Å². The average Bonchev–Trinajstić information content (AvgIpc) is 1.68. The third kappa shape index (κ3) is 33.3. The lowest BCUT2D eigenvalue weighted by Gasteiger charge is -2.30. The molecule has 2 heterocycles. The van der Waals surface area contributed by atoms with Crippen LogP contribution in [0.15, 0.2) is 72.9 Å². The molecule has 1 aromatic heterocycles. The predicted molar refractivity (Wildman–Crippen MR) is 434 cm³/mol. The van der Waals surface area contributed by atoms with Crippen molar-refractivity contribution >= 4 is 141 Å².